The van der Waals surface area contributed by atoms with Gasteiger partial charge in [-0.25, -0.2) is 23.5 Å². The number of nitrogens with one attached hydrogen (secondary N) is 2. The molecule has 34 heavy (non-hydrogen) atoms. The Bertz CT molecular complexity index is 1210. The van der Waals surface area contributed by atoms with Crippen molar-refractivity contribution in [3.8, 4) is 5.88 Å². The number of hydrogen-bond donors (Lipinski definition) is 3. The van der Waals surface area contributed by atoms with Crippen LogP contribution in [-0.2, 0) is 6.61 Å². The Kier molecular flexibility index (Phi) is 7.33. The fourth-order valence-electron chi connectivity index (χ4n) is 3.79. The Morgan fingerprint density at radius 1 is 1.21 bits per heavy atom. The van der Waals surface area contributed by atoms with E-state index in [4.69, 9.17) is 9.84 Å². The first kappa shape index (κ1) is 24.9. The normalized spacial score (nSPS) is 12.9. The molecule has 2 amide bonds. The molecule has 3 N–H and O–H groups in total. The molecule has 0 saturated carbocycles. The number of carboxylic acid groups (broad SMARTS) is 1. The Morgan fingerprint density at radius 2 is 1.88 bits per heavy atom. The predicted molar refractivity (Wildman–Crippen MR) is 120 cm³/mol. The summed E-state index contributed by atoms with van der Waals surface area (Å²) in [4.78, 5) is 32.9. The van der Waals surface area contributed by atoms with Gasteiger partial charge in [0.1, 0.15) is 23.9 Å². The number of benzene rings is 1. The van der Waals surface area contributed by atoms with Crippen molar-refractivity contribution in [2.75, 3.05) is 6.54 Å². The van der Waals surface area contributed by atoms with Crippen LogP contribution >= 0.6 is 0 Å². The van der Waals surface area contributed by atoms with E-state index in [-0.39, 0.29) is 29.3 Å². The zero-order valence-corrected chi connectivity index (χ0v) is 19.4. The van der Waals surface area contributed by atoms with Crippen molar-refractivity contribution in [3.05, 3.63) is 58.7 Å². The smallest absolute Gasteiger partial charge is 0.405 e. The second-order valence-corrected chi connectivity index (χ2v) is 8.34. The van der Waals surface area contributed by atoms with Gasteiger partial charge in [0.25, 0.3) is 11.8 Å². The Labute approximate surface area is 195 Å². The molecule has 1 aromatic carbocycles. The first-order valence-corrected chi connectivity index (χ1v) is 10.8. The van der Waals surface area contributed by atoms with Crippen molar-refractivity contribution < 1.29 is 28.2 Å². The molecule has 9 nitrogen and oxygen atoms in total. The number of carbonyl (C=O) groups excluding carboxylic acids is 1. The van der Waals surface area contributed by atoms with Crippen LogP contribution in [0.3, 0.4) is 0 Å². The molecule has 182 valence electrons. The maximum atomic E-state index is 14.0. The van der Waals surface area contributed by atoms with Gasteiger partial charge in [-0.15, -0.1) is 0 Å². The molecule has 0 spiro atoms. The molecule has 1 atom stereocenters. The summed E-state index contributed by atoms with van der Waals surface area (Å²) in [6.45, 7) is 6.62. The fraction of sp³-hybridized carbons (Fsp3) is 0.391. The zero-order valence-electron chi connectivity index (χ0n) is 19.4. The molecular formula is C23H27F2N5O4. The van der Waals surface area contributed by atoms with Crippen LogP contribution in [0.15, 0.2) is 24.4 Å². The molecule has 11 heteroatoms. The van der Waals surface area contributed by atoms with Crippen LogP contribution in [0.2, 0.25) is 0 Å². The standard InChI is InChI=1S/C23H27F2N5O4/c1-5-9-23(4,29-22(32)33)12-26-20(31)18-14(3)28-19-21(27-13(2)10-30(18)19)34-11-15-16(24)7-6-8-17(15)25/h6-8,10,29H,5,9,11-12H2,1-4H3,(H,26,31)(H,32,33). The van der Waals surface area contributed by atoms with Crippen LogP contribution in [0.1, 0.15) is 54.1 Å². The van der Waals surface area contributed by atoms with Gasteiger partial charge in [-0.05, 0) is 39.3 Å². The molecule has 1 unspecified atom stereocenters. The number of hydrogen-bond acceptors (Lipinski definition) is 5. The second kappa shape index (κ2) is 10.0. The van der Waals surface area contributed by atoms with Gasteiger partial charge in [0.05, 0.1) is 22.5 Å². The minimum absolute atomic E-state index is 0.0215. The molecule has 0 radical (unpaired) electrons. The number of nitrogens with zero attached hydrogens (tertiary/aromatic N) is 3. The molecule has 0 saturated heterocycles. The molecule has 0 aliphatic heterocycles. The van der Waals surface area contributed by atoms with Gasteiger partial charge >= 0.3 is 6.09 Å². The van der Waals surface area contributed by atoms with Crippen molar-refractivity contribution in [3.63, 3.8) is 0 Å². The third kappa shape index (κ3) is 5.41. The number of aromatic nitrogens is 3. The van der Waals surface area contributed by atoms with E-state index in [1.54, 1.807) is 27.0 Å². The van der Waals surface area contributed by atoms with Crippen molar-refractivity contribution >= 4 is 17.6 Å². The largest absolute Gasteiger partial charge is 0.470 e. The lowest BCUT2D eigenvalue weighted by Crippen LogP contribution is -2.53. The summed E-state index contributed by atoms with van der Waals surface area (Å²) in [5.74, 6) is -1.92. The van der Waals surface area contributed by atoms with Gasteiger partial charge in [-0.3, -0.25) is 9.20 Å². The molecule has 2 heterocycles. The number of ether oxygens (including phenoxy) is 1. The highest BCUT2D eigenvalue weighted by molar-refractivity contribution is 5.95. The van der Waals surface area contributed by atoms with E-state index in [1.165, 1.54) is 10.5 Å². The minimum Gasteiger partial charge on any atom is -0.470 e. The maximum Gasteiger partial charge on any atom is 0.405 e. The lowest BCUT2D eigenvalue weighted by molar-refractivity contribution is 0.0929. The highest BCUT2D eigenvalue weighted by atomic mass is 19.1. The van der Waals surface area contributed by atoms with Gasteiger partial charge in [0.15, 0.2) is 0 Å². The fourth-order valence-corrected chi connectivity index (χ4v) is 3.79. The van der Waals surface area contributed by atoms with Gasteiger partial charge in [-0.1, -0.05) is 19.4 Å². The van der Waals surface area contributed by atoms with Crippen LogP contribution in [0.25, 0.3) is 5.65 Å². The van der Waals surface area contributed by atoms with Gasteiger partial charge in [0, 0.05) is 12.7 Å². The van der Waals surface area contributed by atoms with Crippen molar-refractivity contribution in [2.24, 2.45) is 0 Å². The zero-order chi connectivity index (χ0) is 25.0. The van der Waals surface area contributed by atoms with Gasteiger partial charge < -0.3 is 20.5 Å². The number of imidazole rings is 1. The van der Waals surface area contributed by atoms with Crippen LogP contribution < -0.4 is 15.4 Å². The minimum atomic E-state index is -1.18. The Hall–Kier alpha value is -3.76. The van der Waals surface area contributed by atoms with Gasteiger partial charge in [0.2, 0.25) is 5.65 Å². The molecule has 0 aliphatic rings. The average molecular weight is 475 g/mol. The van der Waals surface area contributed by atoms with Crippen molar-refractivity contribution in [1.82, 2.24) is 25.0 Å². The third-order valence-corrected chi connectivity index (χ3v) is 5.35. The van der Waals surface area contributed by atoms with Crippen LogP contribution in [-0.4, -0.2) is 43.6 Å². The molecule has 3 aromatic rings. The van der Waals surface area contributed by atoms with Gasteiger partial charge in [-0.2, -0.15) is 0 Å². The summed E-state index contributed by atoms with van der Waals surface area (Å²) < 4.78 is 35.1. The van der Waals surface area contributed by atoms with E-state index >= 15 is 0 Å². The van der Waals surface area contributed by atoms with E-state index in [0.29, 0.717) is 17.8 Å². The number of fused-ring (bicyclic) bond motifs is 1. The summed E-state index contributed by atoms with van der Waals surface area (Å²) in [6.07, 6.45) is 1.67. The van der Waals surface area contributed by atoms with Crippen molar-refractivity contribution in [1.29, 1.82) is 0 Å². The molecular weight excluding hydrogens is 448 g/mol. The highest BCUT2D eigenvalue weighted by Crippen LogP contribution is 2.23. The summed E-state index contributed by atoms with van der Waals surface area (Å²) in [5, 5.41) is 14.4. The summed E-state index contributed by atoms with van der Waals surface area (Å²) in [7, 11) is 0. The number of carbonyl (C=O) groups is 2. The lowest BCUT2D eigenvalue weighted by atomic mass is 9.96. The van der Waals surface area contributed by atoms with Crippen LogP contribution in [0.5, 0.6) is 5.88 Å². The van der Waals surface area contributed by atoms with Crippen LogP contribution in [0.4, 0.5) is 13.6 Å². The number of aryl methyl sites for hydroxylation is 2. The van der Waals surface area contributed by atoms with Crippen molar-refractivity contribution in [2.45, 2.75) is 52.7 Å². The SMILES string of the molecule is CCCC(C)(CNC(=O)c1c(C)nc2c(OCc3c(F)cccc3F)nc(C)cn12)NC(=O)O. The highest BCUT2D eigenvalue weighted by Gasteiger charge is 2.28. The quantitative estimate of drug-likeness (QED) is 0.434. The molecule has 0 fully saturated rings. The third-order valence-electron chi connectivity index (χ3n) is 5.35. The molecule has 2 aromatic heterocycles. The maximum absolute atomic E-state index is 14.0. The van der Waals surface area contributed by atoms with Crippen LogP contribution in [0, 0.1) is 25.5 Å². The molecule has 3 rings (SSSR count). The van der Waals surface area contributed by atoms with E-state index in [9.17, 15) is 18.4 Å². The summed E-state index contributed by atoms with van der Waals surface area (Å²) in [6, 6.07) is 3.53. The number of rotatable bonds is 9. The Morgan fingerprint density at radius 3 is 2.50 bits per heavy atom. The number of halogens is 2. The van der Waals surface area contributed by atoms with E-state index in [2.05, 4.69) is 20.6 Å². The first-order valence-electron chi connectivity index (χ1n) is 10.8. The Balaban J connectivity index is 1.88. The molecule has 0 bridgehead atoms. The topological polar surface area (TPSA) is 118 Å². The predicted octanol–water partition coefficient (Wildman–Crippen LogP) is 3.76. The first-order chi connectivity index (χ1) is 16.0. The molecule has 0 aliphatic carbocycles. The van der Waals surface area contributed by atoms with E-state index < -0.39 is 35.8 Å². The average Bonchev–Trinajstić information content (AvgIpc) is 3.07. The summed E-state index contributed by atoms with van der Waals surface area (Å²) >= 11 is 0. The number of amides is 2. The lowest BCUT2D eigenvalue weighted by Gasteiger charge is -2.29. The van der Waals surface area contributed by atoms with E-state index in [1.807, 2.05) is 6.92 Å². The van der Waals surface area contributed by atoms with E-state index in [0.717, 1.165) is 18.6 Å². The summed E-state index contributed by atoms with van der Waals surface area (Å²) in [5.41, 5.74) is 0.217. The second-order valence-electron chi connectivity index (χ2n) is 8.34. The monoisotopic (exact) mass is 475 g/mol.